The number of halogens is 2. The smallest absolute Gasteiger partial charge is 0.130 e. The molecule has 1 aromatic carbocycles. The highest BCUT2D eigenvalue weighted by molar-refractivity contribution is 9.10. The van der Waals surface area contributed by atoms with E-state index in [4.69, 9.17) is 0 Å². The van der Waals surface area contributed by atoms with E-state index in [9.17, 15) is 9.18 Å². The van der Waals surface area contributed by atoms with Crippen LogP contribution in [0.1, 0.15) is 18.4 Å². The molecule has 0 bridgehead atoms. The van der Waals surface area contributed by atoms with Crippen molar-refractivity contribution in [3.8, 4) is 0 Å². The van der Waals surface area contributed by atoms with Gasteiger partial charge in [-0.3, -0.25) is 0 Å². The first-order valence-electron chi connectivity index (χ1n) is 4.10. The quantitative estimate of drug-likeness (QED) is 0.730. The molecule has 0 radical (unpaired) electrons. The van der Waals surface area contributed by atoms with Crippen LogP contribution < -0.4 is 0 Å². The fourth-order valence-corrected chi connectivity index (χ4v) is 1.81. The number of hydrogen-bond acceptors (Lipinski definition) is 1. The molecule has 1 saturated carbocycles. The summed E-state index contributed by atoms with van der Waals surface area (Å²) in [7, 11) is 0. The van der Waals surface area contributed by atoms with Crippen LogP contribution in [0, 0.1) is 5.82 Å². The molecule has 0 spiro atoms. The van der Waals surface area contributed by atoms with Crippen molar-refractivity contribution in [1.82, 2.24) is 0 Å². The lowest BCUT2D eigenvalue weighted by atomic mass is 9.97. The van der Waals surface area contributed by atoms with Crippen LogP contribution in [-0.2, 0) is 10.2 Å². The zero-order valence-electron chi connectivity index (χ0n) is 6.89. The third-order valence-electron chi connectivity index (χ3n) is 2.48. The normalized spacial score (nSPS) is 18.3. The van der Waals surface area contributed by atoms with Gasteiger partial charge < -0.3 is 4.79 Å². The van der Waals surface area contributed by atoms with E-state index in [1.807, 2.05) is 0 Å². The molecule has 1 aliphatic rings. The van der Waals surface area contributed by atoms with Crippen molar-refractivity contribution in [2.24, 2.45) is 0 Å². The van der Waals surface area contributed by atoms with Gasteiger partial charge in [-0.05, 0) is 25.0 Å². The van der Waals surface area contributed by atoms with Crippen LogP contribution in [0.15, 0.2) is 22.7 Å². The number of aldehydes is 1. The third kappa shape index (κ3) is 1.41. The first-order chi connectivity index (χ1) is 6.18. The summed E-state index contributed by atoms with van der Waals surface area (Å²) in [6.07, 6.45) is 2.41. The maximum absolute atomic E-state index is 13.4. The molecular formula is C10H8BrFO. The van der Waals surface area contributed by atoms with E-state index in [0.717, 1.165) is 19.1 Å². The van der Waals surface area contributed by atoms with Crippen LogP contribution in [0.3, 0.4) is 0 Å². The molecular weight excluding hydrogens is 235 g/mol. The summed E-state index contributed by atoms with van der Waals surface area (Å²) in [6.45, 7) is 0. The van der Waals surface area contributed by atoms with Gasteiger partial charge in [-0.2, -0.15) is 0 Å². The molecule has 0 heterocycles. The summed E-state index contributed by atoms with van der Waals surface area (Å²) >= 11 is 3.18. The van der Waals surface area contributed by atoms with Crippen molar-refractivity contribution in [3.63, 3.8) is 0 Å². The van der Waals surface area contributed by atoms with Crippen LogP contribution in [-0.4, -0.2) is 6.29 Å². The van der Waals surface area contributed by atoms with E-state index >= 15 is 0 Å². The van der Waals surface area contributed by atoms with Gasteiger partial charge in [0, 0.05) is 10.0 Å². The molecule has 3 heteroatoms. The Morgan fingerprint density at radius 2 is 2.15 bits per heavy atom. The second kappa shape index (κ2) is 2.91. The lowest BCUT2D eigenvalue weighted by Crippen LogP contribution is -2.10. The van der Waals surface area contributed by atoms with Gasteiger partial charge in [-0.1, -0.05) is 22.0 Å². The molecule has 0 amide bonds. The second-order valence-corrected chi connectivity index (χ2v) is 4.31. The molecule has 1 aromatic rings. The minimum Gasteiger partial charge on any atom is -0.302 e. The van der Waals surface area contributed by atoms with Crippen LogP contribution >= 0.6 is 15.9 Å². The van der Waals surface area contributed by atoms with Gasteiger partial charge in [-0.25, -0.2) is 4.39 Å². The van der Waals surface area contributed by atoms with E-state index in [2.05, 4.69) is 15.9 Å². The minimum atomic E-state index is -0.509. The summed E-state index contributed by atoms with van der Waals surface area (Å²) in [5, 5.41) is 0. The Hall–Kier alpha value is -0.700. The zero-order valence-corrected chi connectivity index (χ0v) is 8.47. The van der Waals surface area contributed by atoms with Crippen LogP contribution in [0.4, 0.5) is 4.39 Å². The zero-order chi connectivity index (χ0) is 9.47. The van der Waals surface area contributed by atoms with Crippen LogP contribution in [0.5, 0.6) is 0 Å². The number of hydrogen-bond donors (Lipinski definition) is 0. The number of benzene rings is 1. The highest BCUT2D eigenvalue weighted by Gasteiger charge is 2.45. The first-order valence-corrected chi connectivity index (χ1v) is 4.89. The summed E-state index contributed by atoms with van der Waals surface area (Å²) in [5.74, 6) is -0.293. The molecule has 0 saturated heterocycles. The Morgan fingerprint density at radius 3 is 2.62 bits per heavy atom. The molecule has 2 rings (SSSR count). The third-order valence-corrected chi connectivity index (χ3v) is 2.98. The van der Waals surface area contributed by atoms with E-state index in [-0.39, 0.29) is 5.82 Å². The monoisotopic (exact) mass is 242 g/mol. The van der Waals surface area contributed by atoms with Crippen molar-refractivity contribution in [1.29, 1.82) is 0 Å². The lowest BCUT2D eigenvalue weighted by Gasteiger charge is -2.08. The molecule has 0 atom stereocenters. The van der Waals surface area contributed by atoms with Crippen molar-refractivity contribution in [2.45, 2.75) is 18.3 Å². The molecule has 1 aliphatic carbocycles. The second-order valence-electron chi connectivity index (χ2n) is 3.40. The van der Waals surface area contributed by atoms with Gasteiger partial charge >= 0.3 is 0 Å². The molecule has 0 unspecified atom stereocenters. The fourth-order valence-electron chi connectivity index (χ4n) is 1.48. The maximum Gasteiger partial charge on any atom is 0.130 e. The van der Waals surface area contributed by atoms with Crippen LogP contribution in [0.25, 0.3) is 0 Å². The Balaban J connectivity index is 2.47. The largest absolute Gasteiger partial charge is 0.302 e. The first kappa shape index (κ1) is 8.88. The molecule has 13 heavy (non-hydrogen) atoms. The van der Waals surface area contributed by atoms with Crippen molar-refractivity contribution in [2.75, 3.05) is 0 Å². The number of carbonyl (C=O) groups is 1. The maximum atomic E-state index is 13.4. The van der Waals surface area contributed by atoms with E-state index in [0.29, 0.717) is 10.0 Å². The fraction of sp³-hybridized carbons (Fsp3) is 0.300. The van der Waals surface area contributed by atoms with Crippen molar-refractivity contribution < 1.29 is 9.18 Å². The van der Waals surface area contributed by atoms with Crippen LogP contribution in [0.2, 0.25) is 0 Å². The van der Waals surface area contributed by atoms with E-state index < -0.39 is 5.41 Å². The standard InChI is InChI=1S/C10H8BrFO/c11-7-1-2-8(9(12)5-7)10(6-13)3-4-10/h1-2,5-6H,3-4H2. The molecule has 68 valence electrons. The van der Waals surface area contributed by atoms with Gasteiger partial charge in [0.15, 0.2) is 0 Å². The number of rotatable bonds is 2. The Bertz CT molecular complexity index is 358. The van der Waals surface area contributed by atoms with Gasteiger partial charge in [0.2, 0.25) is 0 Å². The molecule has 1 fully saturated rings. The predicted octanol–water partition coefficient (Wildman–Crippen LogP) is 2.82. The summed E-state index contributed by atoms with van der Waals surface area (Å²) in [6, 6.07) is 4.85. The number of carbonyl (C=O) groups excluding carboxylic acids is 1. The average Bonchev–Trinajstić information content (AvgIpc) is 2.85. The van der Waals surface area contributed by atoms with Gasteiger partial charge in [0.05, 0.1) is 5.41 Å². The van der Waals surface area contributed by atoms with Gasteiger partial charge in [0.1, 0.15) is 12.1 Å². The SMILES string of the molecule is O=CC1(c2ccc(Br)cc2F)CC1. The minimum absolute atomic E-state index is 0.293. The molecule has 1 nitrogen and oxygen atoms in total. The Kier molecular flexibility index (Phi) is 1.99. The topological polar surface area (TPSA) is 17.1 Å². The summed E-state index contributed by atoms with van der Waals surface area (Å²) in [5.41, 5.74) is 0.0239. The Morgan fingerprint density at radius 1 is 1.46 bits per heavy atom. The Labute approximate surface area is 84.1 Å². The molecule has 0 aliphatic heterocycles. The highest BCUT2D eigenvalue weighted by Crippen LogP contribution is 2.47. The van der Waals surface area contributed by atoms with E-state index in [1.54, 1.807) is 12.1 Å². The highest BCUT2D eigenvalue weighted by atomic mass is 79.9. The van der Waals surface area contributed by atoms with Crippen molar-refractivity contribution >= 4 is 22.2 Å². The van der Waals surface area contributed by atoms with Gasteiger partial charge in [-0.15, -0.1) is 0 Å². The average molecular weight is 243 g/mol. The summed E-state index contributed by atoms with van der Waals surface area (Å²) < 4.78 is 14.1. The van der Waals surface area contributed by atoms with Crippen molar-refractivity contribution in [3.05, 3.63) is 34.1 Å². The predicted molar refractivity (Wildman–Crippen MR) is 51.1 cm³/mol. The van der Waals surface area contributed by atoms with Gasteiger partial charge in [0.25, 0.3) is 0 Å². The molecule has 0 aromatic heterocycles. The molecule has 0 N–H and O–H groups in total. The van der Waals surface area contributed by atoms with E-state index in [1.165, 1.54) is 6.07 Å². The lowest BCUT2D eigenvalue weighted by molar-refractivity contribution is -0.109. The summed E-state index contributed by atoms with van der Waals surface area (Å²) in [4.78, 5) is 10.7.